The first kappa shape index (κ1) is 17.7. The van der Waals surface area contributed by atoms with Crippen LogP contribution in [-0.2, 0) is 19.4 Å². The van der Waals surface area contributed by atoms with Crippen molar-refractivity contribution in [2.24, 2.45) is 0 Å². The number of alkyl carbamates (subject to hydrolysis) is 1. The highest BCUT2D eigenvalue weighted by Crippen LogP contribution is 2.10. The van der Waals surface area contributed by atoms with E-state index in [4.69, 9.17) is 4.74 Å². The van der Waals surface area contributed by atoms with Crippen LogP contribution in [0.25, 0.3) is 0 Å². The summed E-state index contributed by atoms with van der Waals surface area (Å²) in [6, 6.07) is -0.694. The van der Waals surface area contributed by atoms with Crippen molar-refractivity contribution in [2.75, 3.05) is 24.6 Å². The number of ether oxygens (including phenoxy) is 1. The van der Waals surface area contributed by atoms with Gasteiger partial charge in [-0.3, -0.25) is 4.79 Å². The molecule has 1 fully saturated rings. The molecule has 0 aromatic rings. The lowest BCUT2D eigenvalue weighted by molar-refractivity contribution is -0.133. The number of amides is 2. The van der Waals surface area contributed by atoms with E-state index in [9.17, 15) is 18.0 Å². The molecule has 1 aliphatic rings. The second-order valence-electron chi connectivity index (χ2n) is 6.08. The van der Waals surface area contributed by atoms with Crippen molar-refractivity contribution in [3.8, 4) is 0 Å². The summed E-state index contributed by atoms with van der Waals surface area (Å²) in [4.78, 5) is 25.5. The van der Waals surface area contributed by atoms with Gasteiger partial charge in [-0.15, -0.1) is 0 Å². The third kappa shape index (κ3) is 5.91. The summed E-state index contributed by atoms with van der Waals surface area (Å²) in [5, 5.41) is 2.54. The zero-order valence-electron chi connectivity index (χ0n) is 13.0. The highest BCUT2D eigenvalue weighted by molar-refractivity contribution is 7.91. The Morgan fingerprint density at radius 1 is 1.24 bits per heavy atom. The maximum Gasteiger partial charge on any atom is 0.408 e. The van der Waals surface area contributed by atoms with Crippen LogP contribution < -0.4 is 5.32 Å². The average Bonchev–Trinajstić information content (AvgIpc) is 2.33. The van der Waals surface area contributed by atoms with Crippen molar-refractivity contribution in [3.05, 3.63) is 0 Å². The summed E-state index contributed by atoms with van der Waals surface area (Å²) in [5.74, 6) is -0.318. The third-order valence-electron chi connectivity index (χ3n) is 3.05. The molecule has 1 atom stereocenters. The standard InChI is InChI=1S/C13H24N2O5S/c1-5-10(14-12(17)20-13(2,3)4)11(16)15-6-8-21(18,19)9-7-15/h10H,5-9H2,1-4H3,(H,14,17)/t10-/m0/s1. The zero-order chi connectivity index (χ0) is 16.3. The van der Waals surface area contributed by atoms with Crippen LogP contribution in [0.15, 0.2) is 0 Å². The number of rotatable bonds is 3. The summed E-state index contributed by atoms with van der Waals surface area (Å²) in [5.41, 5.74) is -0.634. The highest BCUT2D eigenvalue weighted by atomic mass is 32.2. The molecule has 0 spiro atoms. The minimum absolute atomic E-state index is 0.0262. The predicted octanol–water partition coefficient (Wildman–Crippen LogP) is 0.547. The van der Waals surface area contributed by atoms with Gasteiger partial charge in [-0.2, -0.15) is 0 Å². The molecule has 0 aliphatic carbocycles. The number of carbonyl (C=O) groups excluding carboxylic acids is 2. The van der Waals surface area contributed by atoms with E-state index in [0.29, 0.717) is 6.42 Å². The number of hydrogen-bond donors (Lipinski definition) is 1. The topological polar surface area (TPSA) is 92.8 Å². The summed E-state index contributed by atoms with van der Waals surface area (Å²) in [6.07, 6.45) is -0.228. The molecule has 1 saturated heterocycles. The fraction of sp³-hybridized carbons (Fsp3) is 0.846. The van der Waals surface area contributed by atoms with E-state index < -0.39 is 27.6 Å². The number of hydrogen-bond acceptors (Lipinski definition) is 5. The van der Waals surface area contributed by atoms with E-state index in [1.807, 2.05) is 0 Å². The molecule has 1 aliphatic heterocycles. The van der Waals surface area contributed by atoms with Gasteiger partial charge in [-0.25, -0.2) is 13.2 Å². The molecule has 0 unspecified atom stereocenters. The van der Waals surface area contributed by atoms with Crippen LogP contribution in [0, 0.1) is 0 Å². The summed E-state index contributed by atoms with van der Waals surface area (Å²) < 4.78 is 27.9. The number of nitrogens with zero attached hydrogens (tertiary/aromatic N) is 1. The summed E-state index contributed by atoms with van der Waals surface area (Å²) in [7, 11) is -3.03. The number of nitrogens with one attached hydrogen (secondary N) is 1. The van der Waals surface area contributed by atoms with Gasteiger partial charge in [0.2, 0.25) is 5.91 Å². The lowest BCUT2D eigenvalue weighted by Crippen LogP contribution is -2.53. The van der Waals surface area contributed by atoms with Gasteiger partial charge in [0.1, 0.15) is 11.6 Å². The van der Waals surface area contributed by atoms with Crippen LogP contribution in [0.1, 0.15) is 34.1 Å². The maximum atomic E-state index is 12.3. The van der Waals surface area contributed by atoms with Crippen molar-refractivity contribution in [1.29, 1.82) is 0 Å². The predicted molar refractivity (Wildman–Crippen MR) is 78.7 cm³/mol. The van der Waals surface area contributed by atoms with Crippen LogP contribution in [0.4, 0.5) is 4.79 Å². The fourth-order valence-corrected chi connectivity index (χ4v) is 3.14. The molecule has 0 aromatic carbocycles. The van der Waals surface area contributed by atoms with Gasteiger partial charge in [0.15, 0.2) is 9.84 Å². The lowest BCUT2D eigenvalue weighted by Gasteiger charge is -2.30. The molecule has 0 aromatic heterocycles. The zero-order valence-corrected chi connectivity index (χ0v) is 13.8. The SMILES string of the molecule is CC[C@H](NC(=O)OC(C)(C)C)C(=O)N1CCS(=O)(=O)CC1. The van der Waals surface area contributed by atoms with E-state index in [1.165, 1.54) is 4.90 Å². The first-order valence-electron chi connectivity index (χ1n) is 7.03. The van der Waals surface area contributed by atoms with E-state index in [1.54, 1.807) is 27.7 Å². The Kier molecular flexibility index (Phi) is 5.61. The molecule has 2 amide bonds. The van der Waals surface area contributed by atoms with Gasteiger partial charge >= 0.3 is 6.09 Å². The lowest BCUT2D eigenvalue weighted by atomic mass is 10.2. The average molecular weight is 320 g/mol. The van der Waals surface area contributed by atoms with Crippen molar-refractivity contribution >= 4 is 21.8 Å². The molecule has 7 nitrogen and oxygen atoms in total. The molecule has 21 heavy (non-hydrogen) atoms. The second-order valence-corrected chi connectivity index (χ2v) is 8.39. The van der Waals surface area contributed by atoms with Gasteiger partial charge in [0, 0.05) is 13.1 Å². The fourth-order valence-electron chi connectivity index (χ4n) is 1.94. The van der Waals surface area contributed by atoms with Gasteiger partial charge in [-0.1, -0.05) is 6.92 Å². The Morgan fingerprint density at radius 3 is 2.19 bits per heavy atom. The van der Waals surface area contributed by atoms with Gasteiger partial charge in [-0.05, 0) is 27.2 Å². The monoisotopic (exact) mass is 320 g/mol. The third-order valence-corrected chi connectivity index (χ3v) is 4.66. The smallest absolute Gasteiger partial charge is 0.408 e. The number of sulfone groups is 1. The second kappa shape index (κ2) is 6.64. The molecule has 1 heterocycles. The molecule has 0 bridgehead atoms. The number of carbonyl (C=O) groups is 2. The molecular weight excluding hydrogens is 296 g/mol. The van der Waals surface area contributed by atoms with E-state index in [0.717, 1.165) is 0 Å². The van der Waals surface area contributed by atoms with Crippen LogP contribution in [-0.4, -0.2) is 61.6 Å². The Labute approximate surface area is 125 Å². The van der Waals surface area contributed by atoms with E-state index in [2.05, 4.69) is 5.32 Å². The quantitative estimate of drug-likeness (QED) is 0.819. The van der Waals surface area contributed by atoms with Crippen LogP contribution in [0.5, 0.6) is 0 Å². The first-order valence-corrected chi connectivity index (χ1v) is 8.85. The molecule has 0 saturated carbocycles. The van der Waals surface area contributed by atoms with Crippen LogP contribution in [0.3, 0.4) is 0 Å². The highest BCUT2D eigenvalue weighted by Gasteiger charge is 2.30. The Hall–Kier alpha value is -1.31. The Morgan fingerprint density at radius 2 is 1.76 bits per heavy atom. The molecule has 0 radical (unpaired) electrons. The van der Waals surface area contributed by atoms with Crippen molar-refractivity contribution in [2.45, 2.75) is 45.8 Å². The Bertz CT molecular complexity index is 481. The molecule has 1 rings (SSSR count). The van der Waals surface area contributed by atoms with Gasteiger partial charge < -0.3 is 15.0 Å². The first-order chi connectivity index (χ1) is 9.54. The summed E-state index contributed by atoms with van der Waals surface area (Å²) in [6.45, 7) is 7.35. The minimum atomic E-state index is -3.03. The van der Waals surface area contributed by atoms with E-state index in [-0.39, 0.29) is 30.5 Å². The molecule has 8 heteroatoms. The Balaban J connectivity index is 2.60. The van der Waals surface area contributed by atoms with E-state index >= 15 is 0 Å². The van der Waals surface area contributed by atoms with Crippen molar-refractivity contribution < 1.29 is 22.7 Å². The van der Waals surface area contributed by atoms with Gasteiger partial charge in [0.05, 0.1) is 11.5 Å². The summed E-state index contributed by atoms with van der Waals surface area (Å²) >= 11 is 0. The molecule has 1 N–H and O–H groups in total. The van der Waals surface area contributed by atoms with Crippen molar-refractivity contribution in [1.82, 2.24) is 10.2 Å². The molecule has 122 valence electrons. The van der Waals surface area contributed by atoms with Crippen LogP contribution >= 0.6 is 0 Å². The minimum Gasteiger partial charge on any atom is -0.444 e. The molecular formula is C13H24N2O5S. The van der Waals surface area contributed by atoms with Gasteiger partial charge in [0.25, 0.3) is 0 Å². The maximum absolute atomic E-state index is 12.3. The normalized spacial score (nSPS) is 19.7. The largest absolute Gasteiger partial charge is 0.444 e. The van der Waals surface area contributed by atoms with Crippen molar-refractivity contribution in [3.63, 3.8) is 0 Å². The van der Waals surface area contributed by atoms with Crippen LogP contribution in [0.2, 0.25) is 0 Å².